The van der Waals surface area contributed by atoms with Gasteiger partial charge >= 0.3 is 5.97 Å². The summed E-state index contributed by atoms with van der Waals surface area (Å²) in [4.78, 5) is 11.9. The molecule has 0 aliphatic heterocycles. The molecule has 0 amide bonds. The molecule has 0 unspecified atom stereocenters. The Balaban J connectivity index is 2.25. The van der Waals surface area contributed by atoms with Crippen LogP contribution < -0.4 is 5.32 Å². The zero-order chi connectivity index (χ0) is 13.2. The van der Waals surface area contributed by atoms with E-state index in [9.17, 15) is 4.79 Å². The Hall–Kier alpha value is -0.650. The van der Waals surface area contributed by atoms with E-state index in [4.69, 9.17) is 4.74 Å². The SMILES string of the molecule is CNCCCSSc1ccc(COC(C)=O)cc1. The molecule has 0 aromatic heterocycles. The third kappa shape index (κ3) is 6.93. The van der Waals surface area contributed by atoms with Crippen LogP contribution in [0.2, 0.25) is 0 Å². The maximum atomic E-state index is 10.7. The van der Waals surface area contributed by atoms with Crippen LogP contribution in [-0.4, -0.2) is 25.3 Å². The molecular weight excluding hydrogens is 266 g/mol. The minimum absolute atomic E-state index is 0.242. The van der Waals surface area contributed by atoms with E-state index < -0.39 is 0 Å². The largest absolute Gasteiger partial charge is 0.461 e. The average Bonchev–Trinajstić information content (AvgIpc) is 2.37. The first-order valence-corrected chi connectivity index (χ1v) is 8.20. The summed E-state index contributed by atoms with van der Waals surface area (Å²) >= 11 is 0. The summed E-state index contributed by atoms with van der Waals surface area (Å²) in [6.07, 6.45) is 1.18. The van der Waals surface area contributed by atoms with Gasteiger partial charge in [-0.15, -0.1) is 0 Å². The molecule has 0 aliphatic carbocycles. The van der Waals surface area contributed by atoms with Crippen molar-refractivity contribution in [1.82, 2.24) is 5.32 Å². The second-order valence-electron chi connectivity index (χ2n) is 3.79. The number of hydrogen-bond acceptors (Lipinski definition) is 5. The molecule has 0 heterocycles. The fraction of sp³-hybridized carbons (Fsp3) is 0.462. The zero-order valence-corrected chi connectivity index (χ0v) is 12.4. The molecule has 100 valence electrons. The Morgan fingerprint density at radius 3 is 2.67 bits per heavy atom. The van der Waals surface area contributed by atoms with Crippen molar-refractivity contribution >= 4 is 27.6 Å². The lowest BCUT2D eigenvalue weighted by Gasteiger charge is -2.04. The summed E-state index contributed by atoms with van der Waals surface area (Å²) in [5.41, 5.74) is 1.02. The zero-order valence-electron chi connectivity index (χ0n) is 10.8. The number of carbonyl (C=O) groups excluding carboxylic acids is 1. The molecule has 0 aliphatic rings. The molecule has 1 N–H and O–H groups in total. The number of hydrogen-bond donors (Lipinski definition) is 1. The fourth-order valence-electron chi connectivity index (χ4n) is 1.24. The Morgan fingerprint density at radius 2 is 2.06 bits per heavy atom. The van der Waals surface area contributed by atoms with Crippen LogP contribution in [0.5, 0.6) is 0 Å². The van der Waals surface area contributed by atoms with E-state index in [0.29, 0.717) is 6.61 Å². The molecule has 5 heteroatoms. The van der Waals surface area contributed by atoms with Gasteiger partial charge in [-0.25, -0.2) is 0 Å². The van der Waals surface area contributed by atoms with E-state index in [1.54, 1.807) is 10.8 Å². The first-order valence-electron chi connectivity index (χ1n) is 5.88. The van der Waals surface area contributed by atoms with Crippen LogP contribution in [0, 0.1) is 0 Å². The number of ether oxygens (including phenoxy) is 1. The predicted molar refractivity (Wildman–Crippen MR) is 78.8 cm³/mol. The Labute approximate surface area is 116 Å². The summed E-state index contributed by atoms with van der Waals surface area (Å²) in [6.45, 7) is 2.84. The topological polar surface area (TPSA) is 38.3 Å². The van der Waals surface area contributed by atoms with E-state index in [1.165, 1.54) is 18.2 Å². The number of benzene rings is 1. The summed E-state index contributed by atoms with van der Waals surface area (Å²) in [5.74, 6) is 0.897. The first-order chi connectivity index (χ1) is 8.72. The lowest BCUT2D eigenvalue weighted by Crippen LogP contribution is -2.07. The molecule has 0 atom stereocenters. The molecule has 18 heavy (non-hydrogen) atoms. The standard InChI is InChI=1S/C13H19NO2S2/c1-11(15)16-10-12-4-6-13(7-5-12)18-17-9-3-8-14-2/h4-7,14H,3,8-10H2,1-2H3. The second kappa shape index (κ2) is 9.30. The van der Waals surface area contributed by atoms with Crippen LogP contribution >= 0.6 is 21.6 Å². The Kier molecular flexibility index (Phi) is 7.96. The van der Waals surface area contributed by atoms with E-state index in [2.05, 4.69) is 17.4 Å². The van der Waals surface area contributed by atoms with Crippen molar-refractivity contribution in [3.05, 3.63) is 29.8 Å². The summed E-state index contributed by atoms with van der Waals surface area (Å²) in [5, 5.41) is 3.13. The third-order valence-electron chi connectivity index (χ3n) is 2.18. The summed E-state index contributed by atoms with van der Waals surface area (Å²) < 4.78 is 4.94. The van der Waals surface area contributed by atoms with Gasteiger partial charge in [0.2, 0.25) is 0 Å². The Morgan fingerprint density at radius 1 is 1.33 bits per heavy atom. The third-order valence-corrected chi connectivity index (χ3v) is 4.64. The second-order valence-corrected chi connectivity index (χ2v) is 6.28. The highest BCUT2D eigenvalue weighted by Crippen LogP contribution is 2.31. The van der Waals surface area contributed by atoms with E-state index >= 15 is 0 Å². The molecule has 0 radical (unpaired) electrons. The van der Waals surface area contributed by atoms with Gasteiger partial charge in [0.1, 0.15) is 6.61 Å². The Bertz CT molecular complexity index is 355. The van der Waals surface area contributed by atoms with Crippen LogP contribution in [0.1, 0.15) is 18.9 Å². The maximum Gasteiger partial charge on any atom is 0.302 e. The lowest BCUT2D eigenvalue weighted by molar-refractivity contribution is -0.142. The van der Waals surface area contributed by atoms with Gasteiger partial charge in [0, 0.05) is 17.6 Å². The molecular formula is C13H19NO2S2. The van der Waals surface area contributed by atoms with Crippen LogP contribution in [0.25, 0.3) is 0 Å². The normalized spacial score (nSPS) is 10.3. The van der Waals surface area contributed by atoms with Crippen molar-refractivity contribution in [3.63, 3.8) is 0 Å². The molecule has 1 aromatic carbocycles. The van der Waals surface area contributed by atoms with Crippen molar-refractivity contribution < 1.29 is 9.53 Å². The number of carbonyl (C=O) groups is 1. The molecule has 3 nitrogen and oxygen atoms in total. The number of nitrogens with one attached hydrogen (secondary N) is 1. The number of esters is 1. The summed E-state index contributed by atoms with van der Waals surface area (Å²) in [7, 11) is 5.62. The monoisotopic (exact) mass is 285 g/mol. The average molecular weight is 285 g/mol. The van der Waals surface area contributed by atoms with Crippen molar-refractivity contribution in [2.75, 3.05) is 19.3 Å². The lowest BCUT2D eigenvalue weighted by atomic mass is 10.2. The minimum atomic E-state index is -0.242. The van der Waals surface area contributed by atoms with Crippen molar-refractivity contribution in [1.29, 1.82) is 0 Å². The van der Waals surface area contributed by atoms with Gasteiger partial charge in [-0.3, -0.25) is 4.79 Å². The van der Waals surface area contributed by atoms with Gasteiger partial charge in [-0.1, -0.05) is 33.7 Å². The van der Waals surface area contributed by atoms with E-state index in [0.717, 1.165) is 17.9 Å². The first kappa shape index (κ1) is 15.4. The van der Waals surface area contributed by atoms with Gasteiger partial charge in [0.25, 0.3) is 0 Å². The maximum absolute atomic E-state index is 10.7. The highest BCUT2D eigenvalue weighted by atomic mass is 33.1. The molecule has 1 aromatic rings. The highest BCUT2D eigenvalue weighted by molar-refractivity contribution is 8.76. The van der Waals surface area contributed by atoms with E-state index in [1.807, 2.05) is 30.0 Å². The fourth-order valence-corrected chi connectivity index (χ4v) is 3.32. The molecule has 1 rings (SSSR count). The van der Waals surface area contributed by atoms with Gasteiger partial charge in [0.05, 0.1) is 0 Å². The summed E-state index contributed by atoms with van der Waals surface area (Å²) in [6, 6.07) is 8.13. The predicted octanol–water partition coefficient (Wildman–Crippen LogP) is 3.10. The smallest absolute Gasteiger partial charge is 0.302 e. The van der Waals surface area contributed by atoms with Gasteiger partial charge < -0.3 is 10.1 Å². The molecule has 0 fully saturated rings. The van der Waals surface area contributed by atoms with Gasteiger partial charge in [-0.05, 0) is 37.7 Å². The van der Waals surface area contributed by atoms with Crippen LogP contribution in [-0.2, 0) is 16.1 Å². The van der Waals surface area contributed by atoms with E-state index in [-0.39, 0.29) is 5.97 Å². The molecule has 0 saturated heterocycles. The van der Waals surface area contributed by atoms with Crippen molar-refractivity contribution in [2.24, 2.45) is 0 Å². The minimum Gasteiger partial charge on any atom is -0.461 e. The molecule has 0 spiro atoms. The van der Waals surface area contributed by atoms with Crippen molar-refractivity contribution in [3.8, 4) is 0 Å². The highest BCUT2D eigenvalue weighted by Gasteiger charge is 1.98. The molecule has 0 bridgehead atoms. The van der Waals surface area contributed by atoms with Gasteiger partial charge in [-0.2, -0.15) is 0 Å². The number of rotatable bonds is 8. The quantitative estimate of drug-likeness (QED) is 0.451. The molecule has 0 saturated carbocycles. The van der Waals surface area contributed by atoms with Crippen LogP contribution in [0.3, 0.4) is 0 Å². The van der Waals surface area contributed by atoms with Gasteiger partial charge in [0.15, 0.2) is 0 Å². The van der Waals surface area contributed by atoms with Crippen LogP contribution in [0.4, 0.5) is 0 Å². The van der Waals surface area contributed by atoms with Crippen LogP contribution in [0.15, 0.2) is 29.2 Å². The van der Waals surface area contributed by atoms with Crippen molar-refractivity contribution in [2.45, 2.75) is 24.8 Å².